The summed E-state index contributed by atoms with van der Waals surface area (Å²) in [7, 11) is 0. The molecule has 0 aromatic heterocycles. The van der Waals surface area contributed by atoms with Crippen LogP contribution in [-0.4, -0.2) is 0 Å². The molecule has 0 saturated carbocycles. The van der Waals surface area contributed by atoms with Crippen molar-refractivity contribution in [1.29, 1.82) is 0 Å². The molecule has 0 atom stereocenters. The van der Waals surface area contributed by atoms with E-state index in [1.807, 2.05) is 0 Å². The van der Waals surface area contributed by atoms with Crippen LogP contribution in [0.2, 0.25) is 0 Å². The van der Waals surface area contributed by atoms with E-state index < -0.39 is 0 Å². The zero-order chi connectivity index (χ0) is 0. The first kappa shape index (κ1) is 45.8. The molecule has 0 saturated heterocycles. The van der Waals surface area contributed by atoms with Gasteiger partial charge in [0.2, 0.25) is 0 Å². The molecule has 0 aliphatic rings. The molecule has 0 spiro atoms. The molecule has 55 valence electrons. The zero-order valence-electron chi connectivity index (χ0n) is 1.51. The molecule has 0 aliphatic heterocycles. The zero-order valence-corrected chi connectivity index (χ0v) is 7.44. The van der Waals surface area contributed by atoms with Crippen LogP contribution < -0.4 is 0 Å². The average molecular weight is 451 g/mol. The van der Waals surface area contributed by atoms with Gasteiger partial charge in [-0.15, -0.1) is 0 Å². The molecule has 0 amide bonds. The number of rotatable bonds is 0. The van der Waals surface area contributed by atoms with E-state index in [0.29, 0.717) is 0 Å². The third-order valence-electron chi connectivity index (χ3n) is 0. The van der Waals surface area contributed by atoms with Gasteiger partial charge in [-0.1, -0.05) is 0 Å². The Morgan fingerprint density at radius 3 is 0.400 bits per heavy atom. The third-order valence-corrected chi connectivity index (χ3v) is 0. The van der Waals surface area contributed by atoms with E-state index in [0.717, 1.165) is 0 Å². The maximum absolute atomic E-state index is 0. The summed E-state index contributed by atoms with van der Waals surface area (Å²) in [4.78, 5) is 0. The van der Waals surface area contributed by atoms with Crippen molar-refractivity contribution in [2.24, 2.45) is 0 Å². The summed E-state index contributed by atoms with van der Waals surface area (Å²) >= 11 is 0. The first-order valence-electron chi connectivity index (χ1n) is 0. The van der Waals surface area contributed by atoms with Crippen molar-refractivity contribution in [3.05, 3.63) is 0 Å². The second-order valence-corrected chi connectivity index (χ2v) is 0. The van der Waals surface area contributed by atoms with Crippen LogP contribution in [-0.2, 0) is 90.7 Å². The SMILES string of the molecule is [Au].[Cu].[Cu].[Cu].[Cu]. The van der Waals surface area contributed by atoms with Crippen LogP contribution in [0.1, 0.15) is 0 Å². The smallest absolute Gasteiger partial charge is 0 e. The van der Waals surface area contributed by atoms with Crippen molar-refractivity contribution >= 4 is 0 Å². The van der Waals surface area contributed by atoms with Crippen LogP contribution in [0, 0.1) is 0 Å². The minimum atomic E-state index is 0. The predicted molar refractivity (Wildman–Crippen MR) is 0 cm³/mol. The van der Waals surface area contributed by atoms with Crippen LogP contribution >= 0.6 is 0 Å². The van der Waals surface area contributed by atoms with Crippen LogP contribution in [0.5, 0.6) is 0 Å². The molecule has 5 heteroatoms. The largest absolute Gasteiger partial charge is 0 e. The van der Waals surface area contributed by atoms with Gasteiger partial charge in [-0.2, -0.15) is 0 Å². The van der Waals surface area contributed by atoms with E-state index in [-0.39, 0.29) is 90.7 Å². The number of hydrogen-bond donors (Lipinski definition) is 0. The average Bonchev–Trinajstić information content (AvgIpc) is 0. The van der Waals surface area contributed by atoms with Crippen molar-refractivity contribution in [3.63, 3.8) is 0 Å². The molecule has 0 fully saturated rings. The Morgan fingerprint density at radius 1 is 0.400 bits per heavy atom. The molecular weight excluding hydrogens is 451 g/mol. The molecule has 0 unspecified atom stereocenters. The molecule has 0 bridgehead atoms. The molecular formula is AuCu4. The number of hydrogen-bond acceptors (Lipinski definition) is 0. The van der Waals surface area contributed by atoms with E-state index in [2.05, 4.69) is 0 Å². The van der Waals surface area contributed by atoms with Crippen molar-refractivity contribution in [3.8, 4) is 0 Å². The summed E-state index contributed by atoms with van der Waals surface area (Å²) in [6, 6.07) is 0. The van der Waals surface area contributed by atoms with Gasteiger partial charge in [-0.3, -0.25) is 0 Å². The first-order chi connectivity index (χ1) is 0. The standard InChI is InChI=1S/Au.4Cu. The quantitative estimate of drug-likeness (QED) is 0.455. The minimum absolute atomic E-state index is 0. The molecule has 5 heavy (non-hydrogen) atoms. The van der Waals surface area contributed by atoms with E-state index >= 15 is 0 Å². The van der Waals surface area contributed by atoms with Gasteiger partial charge in [-0.25, -0.2) is 0 Å². The summed E-state index contributed by atoms with van der Waals surface area (Å²) in [6.07, 6.45) is 0. The van der Waals surface area contributed by atoms with Crippen LogP contribution in [0.3, 0.4) is 0 Å². The van der Waals surface area contributed by atoms with Gasteiger partial charge in [0.25, 0.3) is 0 Å². The molecule has 0 nitrogen and oxygen atoms in total. The minimum Gasteiger partial charge on any atom is 0 e. The van der Waals surface area contributed by atoms with E-state index in [4.69, 9.17) is 0 Å². The fraction of sp³-hybridized carbons (Fsp3) is 0. The molecule has 0 heterocycles. The maximum atomic E-state index is 0. The Bertz CT molecular complexity index is 3.61. The Balaban J connectivity index is 0. The molecule has 0 rings (SSSR count). The Morgan fingerprint density at radius 2 is 0.400 bits per heavy atom. The third kappa shape index (κ3) is 19.9. The predicted octanol–water partition coefficient (Wildman–Crippen LogP) is -0.0125. The second kappa shape index (κ2) is 29.1. The summed E-state index contributed by atoms with van der Waals surface area (Å²) in [6.45, 7) is 0. The van der Waals surface area contributed by atoms with E-state index in [1.165, 1.54) is 0 Å². The van der Waals surface area contributed by atoms with Crippen LogP contribution in [0.25, 0.3) is 0 Å². The van der Waals surface area contributed by atoms with Gasteiger partial charge >= 0.3 is 0 Å². The molecule has 0 aromatic rings. The van der Waals surface area contributed by atoms with Crippen molar-refractivity contribution < 1.29 is 90.7 Å². The van der Waals surface area contributed by atoms with Gasteiger partial charge in [0.1, 0.15) is 0 Å². The Labute approximate surface area is 89.4 Å². The van der Waals surface area contributed by atoms with Crippen molar-refractivity contribution in [1.82, 2.24) is 0 Å². The van der Waals surface area contributed by atoms with E-state index in [1.54, 1.807) is 0 Å². The summed E-state index contributed by atoms with van der Waals surface area (Å²) in [5.74, 6) is 0. The fourth-order valence-electron chi connectivity index (χ4n) is 0. The van der Waals surface area contributed by atoms with Gasteiger partial charge in [0, 0.05) is 90.7 Å². The summed E-state index contributed by atoms with van der Waals surface area (Å²) in [5.41, 5.74) is 0. The Kier molecular flexibility index (Phi) is 266. The fourth-order valence-corrected chi connectivity index (χ4v) is 0. The van der Waals surface area contributed by atoms with Gasteiger partial charge in [0.05, 0.1) is 0 Å². The molecule has 0 N–H and O–H groups in total. The van der Waals surface area contributed by atoms with Crippen LogP contribution in [0.15, 0.2) is 0 Å². The van der Waals surface area contributed by atoms with Crippen molar-refractivity contribution in [2.45, 2.75) is 0 Å². The summed E-state index contributed by atoms with van der Waals surface area (Å²) in [5, 5.41) is 0. The van der Waals surface area contributed by atoms with Gasteiger partial charge in [0.15, 0.2) is 0 Å². The first-order valence-corrected chi connectivity index (χ1v) is 0. The molecule has 0 aromatic carbocycles. The van der Waals surface area contributed by atoms with Gasteiger partial charge in [-0.05, 0) is 0 Å². The molecule has 5 radical (unpaired) electrons. The van der Waals surface area contributed by atoms with E-state index in [9.17, 15) is 0 Å². The second-order valence-electron chi connectivity index (χ2n) is 0. The summed E-state index contributed by atoms with van der Waals surface area (Å²) < 4.78 is 0. The van der Waals surface area contributed by atoms with Crippen LogP contribution in [0.4, 0.5) is 0 Å². The van der Waals surface area contributed by atoms with Crippen molar-refractivity contribution in [2.75, 3.05) is 0 Å². The topological polar surface area (TPSA) is 0 Å². The van der Waals surface area contributed by atoms with Gasteiger partial charge < -0.3 is 0 Å². The Hall–Kier alpha value is 2.82. The maximum Gasteiger partial charge on any atom is 0 e. The monoisotopic (exact) mass is 449 g/mol. The normalized spacial score (nSPS) is 0. The molecule has 0 aliphatic carbocycles.